The van der Waals surface area contributed by atoms with Gasteiger partial charge in [0.05, 0.1) is 36.3 Å². The molecule has 4 aromatic heterocycles. The summed E-state index contributed by atoms with van der Waals surface area (Å²) < 4.78 is 1.87. The lowest BCUT2D eigenvalue weighted by atomic mass is 9.86. The predicted molar refractivity (Wildman–Crippen MR) is 118 cm³/mol. The monoisotopic (exact) mass is 427 g/mol. The third-order valence-electron chi connectivity index (χ3n) is 5.76. The molecule has 1 aliphatic rings. The van der Waals surface area contributed by atoms with Gasteiger partial charge in [-0.25, -0.2) is 15.0 Å². The number of amides is 1. The number of hydrogen-bond donors (Lipinski definition) is 2. The standard InChI is InChI=1S/C22H21N9O/c1-2-24-21(32)18-4-3-16(10-26-18)30-12-22(13-30,6-7-23)31-11-15(9-29-31)19-17-5-8-25-20(17)28-14-27-19/h3-5,8-11,14H,2,6,12-13H2,1H3,(H,24,32)(H,25,27,28). The Morgan fingerprint density at radius 2 is 2.12 bits per heavy atom. The second-order valence-electron chi connectivity index (χ2n) is 7.81. The van der Waals surface area contributed by atoms with Crippen molar-refractivity contribution in [3.05, 3.63) is 55.0 Å². The molecular weight excluding hydrogens is 406 g/mol. The van der Waals surface area contributed by atoms with Crippen molar-refractivity contribution < 1.29 is 4.79 Å². The average molecular weight is 427 g/mol. The third kappa shape index (κ3) is 3.24. The summed E-state index contributed by atoms with van der Waals surface area (Å²) in [5.74, 6) is -0.188. The highest BCUT2D eigenvalue weighted by molar-refractivity contribution is 5.92. The second kappa shape index (κ2) is 7.77. The Balaban J connectivity index is 1.37. The Labute approximate surface area is 183 Å². The highest BCUT2D eigenvalue weighted by atomic mass is 16.1. The maximum Gasteiger partial charge on any atom is 0.269 e. The average Bonchev–Trinajstić information content (AvgIpc) is 3.46. The maximum atomic E-state index is 11.9. The zero-order valence-corrected chi connectivity index (χ0v) is 17.5. The topological polar surface area (TPSA) is 128 Å². The van der Waals surface area contributed by atoms with Crippen molar-refractivity contribution in [1.29, 1.82) is 5.26 Å². The van der Waals surface area contributed by atoms with Gasteiger partial charge in [-0.2, -0.15) is 10.4 Å². The van der Waals surface area contributed by atoms with Gasteiger partial charge in [-0.3, -0.25) is 9.48 Å². The fourth-order valence-corrected chi connectivity index (χ4v) is 4.10. The van der Waals surface area contributed by atoms with Crippen molar-refractivity contribution in [3.8, 4) is 17.3 Å². The van der Waals surface area contributed by atoms with Crippen LogP contribution in [-0.4, -0.2) is 55.3 Å². The number of carbonyl (C=O) groups is 1. The number of nitrogens with one attached hydrogen (secondary N) is 2. The summed E-state index contributed by atoms with van der Waals surface area (Å²) in [4.78, 5) is 30.1. The lowest BCUT2D eigenvalue weighted by molar-refractivity contribution is 0.0951. The van der Waals surface area contributed by atoms with Crippen LogP contribution in [0, 0.1) is 11.3 Å². The first kappa shape index (κ1) is 19.7. The molecule has 0 aromatic carbocycles. The molecule has 0 saturated carbocycles. The van der Waals surface area contributed by atoms with Gasteiger partial charge in [0.2, 0.25) is 0 Å². The molecule has 0 aliphatic carbocycles. The Kier molecular flexibility index (Phi) is 4.78. The molecule has 160 valence electrons. The molecule has 32 heavy (non-hydrogen) atoms. The van der Waals surface area contributed by atoms with Crippen molar-refractivity contribution in [1.82, 2.24) is 35.0 Å². The molecule has 0 unspecified atom stereocenters. The van der Waals surface area contributed by atoms with E-state index < -0.39 is 5.54 Å². The quantitative estimate of drug-likeness (QED) is 0.482. The number of nitrogens with zero attached hydrogens (tertiary/aromatic N) is 7. The molecule has 5 rings (SSSR count). The molecule has 0 radical (unpaired) electrons. The summed E-state index contributed by atoms with van der Waals surface area (Å²) in [6.07, 6.45) is 9.11. The number of pyridine rings is 1. The predicted octanol–water partition coefficient (Wildman–Crippen LogP) is 2.10. The molecule has 1 amide bonds. The molecular formula is C22H21N9O. The van der Waals surface area contributed by atoms with Gasteiger partial charge in [0, 0.05) is 43.0 Å². The van der Waals surface area contributed by atoms with Crippen molar-refractivity contribution >= 4 is 22.6 Å². The van der Waals surface area contributed by atoms with Crippen LogP contribution in [0.25, 0.3) is 22.3 Å². The molecule has 1 aliphatic heterocycles. The molecule has 0 atom stereocenters. The van der Waals surface area contributed by atoms with E-state index in [9.17, 15) is 10.1 Å². The molecule has 2 N–H and O–H groups in total. The SMILES string of the molecule is CCNC(=O)c1ccc(N2CC(CC#N)(n3cc(-c4ncnc5[nH]ccc45)cn3)C2)cn1. The van der Waals surface area contributed by atoms with Gasteiger partial charge in [0.1, 0.15) is 23.2 Å². The highest BCUT2D eigenvalue weighted by Crippen LogP contribution is 2.36. The van der Waals surface area contributed by atoms with Gasteiger partial charge in [0.25, 0.3) is 5.91 Å². The number of aromatic nitrogens is 6. The summed E-state index contributed by atoms with van der Waals surface area (Å²) in [6.45, 7) is 3.66. The van der Waals surface area contributed by atoms with Crippen LogP contribution in [0.15, 0.2) is 49.3 Å². The van der Waals surface area contributed by atoms with Crippen LogP contribution < -0.4 is 10.2 Å². The fraction of sp³-hybridized carbons (Fsp3) is 0.273. The van der Waals surface area contributed by atoms with E-state index >= 15 is 0 Å². The van der Waals surface area contributed by atoms with Gasteiger partial charge in [-0.05, 0) is 25.1 Å². The number of anilines is 1. The lowest BCUT2D eigenvalue weighted by Gasteiger charge is -2.50. The van der Waals surface area contributed by atoms with Crippen LogP contribution in [-0.2, 0) is 5.54 Å². The van der Waals surface area contributed by atoms with E-state index in [0.29, 0.717) is 31.7 Å². The summed E-state index contributed by atoms with van der Waals surface area (Å²) in [6, 6.07) is 7.84. The number of nitriles is 1. The molecule has 10 nitrogen and oxygen atoms in total. The van der Waals surface area contributed by atoms with E-state index in [2.05, 4.69) is 41.3 Å². The summed E-state index contributed by atoms with van der Waals surface area (Å²) in [7, 11) is 0. The minimum absolute atomic E-state index is 0.188. The van der Waals surface area contributed by atoms with Crippen molar-refractivity contribution in [2.45, 2.75) is 18.9 Å². The second-order valence-corrected chi connectivity index (χ2v) is 7.81. The van der Waals surface area contributed by atoms with E-state index in [0.717, 1.165) is 28.0 Å². The number of H-pyrrole nitrogens is 1. The molecule has 10 heteroatoms. The molecule has 0 bridgehead atoms. The van der Waals surface area contributed by atoms with Crippen LogP contribution in [0.5, 0.6) is 0 Å². The largest absolute Gasteiger partial charge is 0.365 e. The van der Waals surface area contributed by atoms with Crippen molar-refractivity contribution in [2.24, 2.45) is 0 Å². The maximum absolute atomic E-state index is 11.9. The summed E-state index contributed by atoms with van der Waals surface area (Å²) in [5, 5.41) is 17.7. The zero-order chi connectivity index (χ0) is 22.1. The van der Waals surface area contributed by atoms with E-state index in [4.69, 9.17) is 0 Å². The Hall–Kier alpha value is -4.26. The highest BCUT2D eigenvalue weighted by Gasteiger charge is 2.45. The van der Waals surface area contributed by atoms with Gasteiger partial charge < -0.3 is 15.2 Å². The number of hydrogen-bond acceptors (Lipinski definition) is 7. The number of fused-ring (bicyclic) bond motifs is 1. The summed E-state index contributed by atoms with van der Waals surface area (Å²) >= 11 is 0. The zero-order valence-electron chi connectivity index (χ0n) is 17.5. The van der Waals surface area contributed by atoms with Crippen LogP contribution in [0.4, 0.5) is 5.69 Å². The molecule has 1 fully saturated rings. The lowest BCUT2D eigenvalue weighted by Crippen LogP contribution is -2.63. The number of aromatic amines is 1. The van der Waals surface area contributed by atoms with E-state index in [1.807, 2.05) is 36.1 Å². The van der Waals surface area contributed by atoms with Gasteiger partial charge in [0.15, 0.2) is 0 Å². The van der Waals surface area contributed by atoms with E-state index in [1.165, 1.54) is 6.33 Å². The summed E-state index contributed by atoms with van der Waals surface area (Å²) in [5.41, 5.74) is 3.31. The first-order valence-electron chi connectivity index (χ1n) is 10.3. The van der Waals surface area contributed by atoms with Crippen LogP contribution in [0.3, 0.4) is 0 Å². The Morgan fingerprint density at radius 1 is 1.25 bits per heavy atom. The van der Waals surface area contributed by atoms with Crippen LogP contribution >= 0.6 is 0 Å². The fourth-order valence-electron chi connectivity index (χ4n) is 4.10. The molecule has 0 spiro atoms. The van der Waals surface area contributed by atoms with Crippen molar-refractivity contribution in [3.63, 3.8) is 0 Å². The normalized spacial score (nSPS) is 14.7. The third-order valence-corrected chi connectivity index (χ3v) is 5.76. The van der Waals surface area contributed by atoms with Gasteiger partial charge >= 0.3 is 0 Å². The first-order valence-corrected chi connectivity index (χ1v) is 10.3. The first-order chi connectivity index (χ1) is 15.6. The minimum atomic E-state index is -0.435. The molecule has 1 saturated heterocycles. The number of rotatable bonds is 6. The molecule has 4 aromatic rings. The Bertz CT molecular complexity index is 1310. The van der Waals surface area contributed by atoms with Gasteiger partial charge in [-0.15, -0.1) is 0 Å². The Morgan fingerprint density at radius 3 is 2.88 bits per heavy atom. The smallest absolute Gasteiger partial charge is 0.269 e. The van der Waals surface area contributed by atoms with E-state index in [1.54, 1.807) is 18.5 Å². The molecule has 5 heterocycles. The minimum Gasteiger partial charge on any atom is -0.365 e. The van der Waals surface area contributed by atoms with Gasteiger partial charge in [-0.1, -0.05) is 0 Å². The van der Waals surface area contributed by atoms with Crippen molar-refractivity contribution in [2.75, 3.05) is 24.5 Å². The van der Waals surface area contributed by atoms with Crippen LogP contribution in [0.2, 0.25) is 0 Å². The van der Waals surface area contributed by atoms with E-state index in [-0.39, 0.29) is 5.91 Å². The number of carbonyl (C=O) groups excluding carboxylic acids is 1. The van der Waals surface area contributed by atoms with Crippen LogP contribution in [0.1, 0.15) is 23.8 Å².